The van der Waals surface area contributed by atoms with Gasteiger partial charge in [0.25, 0.3) is 5.91 Å². The molecular weight excluding hydrogens is 310 g/mol. The highest BCUT2D eigenvalue weighted by atomic mass is 35.5. The van der Waals surface area contributed by atoms with Gasteiger partial charge < -0.3 is 9.88 Å². The third-order valence-electron chi connectivity index (χ3n) is 3.97. The molecule has 1 aromatic heterocycles. The first-order valence-electron chi connectivity index (χ1n) is 7.50. The third kappa shape index (κ3) is 3.37. The topological polar surface area (TPSA) is 46.9 Å². The molecule has 1 heterocycles. The summed E-state index contributed by atoms with van der Waals surface area (Å²) in [6.45, 7) is 2.57. The number of hydrogen-bond donors (Lipinski definition) is 1. The van der Waals surface area contributed by atoms with Gasteiger partial charge in [-0.05, 0) is 55.3 Å². The third-order valence-corrected chi connectivity index (χ3v) is 4.23. The Labute approximate surface area is 140 Å². The highest BCUT2D eigenvalue weighted by Gasteiger charge is 2.07. The van der Waals surface area contributed by atoms with Crippen molar-refractivity contribution in [2.75, 3.05) is 6.54 Å². The van der Waals surface area contributed by atoms with Crippen molar-refractivity contribution >= 4 is 28.5 Å². The van der Waals surface area contributed by atoms with E-state index in [0.29, 0.717) is 17.1 Å². The number of imidazole rings is 1. The molecule has 4 nitrogen and oxygen atoms in total. The predicted molar refractivity (Wildman–Crippen MR) is 92.9 cm³/mol. The van der Waals surface area contributed by atoms with Gasteiger partial charge in [0.05, 0.1) is 11.0 Å². The normalized spacial score (nSPS) is 10.9. The Balaban J connectivity index is 1.62. The number of rotatable bonds is 4. The number of fused-ring (bicyclic) bond motifs is 1. The van der Waals surface area contributed by atoms with E-state index in [1.807, 2.05) is 14.0 Å². The van der Waals surface area contributed by atoms with E-state index >= 15 is 0 Å². The molecule has 0 aliphatic heterocycles. The Morgan fingerprint density at radius 2 is 1.96 bits per heavy atom. The molecule has 0 unspecified atom stereocenters. The number of nitrogens with one attached hydrogen (secondary N) is 1. The minimum Gasteiger partial charge on any atom is -0.352 e. The van der Waals surface area contributed by atoms with Gasteiger partial charge >= 0.3 is 0 Å². The van der Waals surface area contributed by atoms with Gasteiger partial charge in [-0.2, -0.15) is 0 Å². The van der Waals surface area contributed by atoms with Gasteiger partial charge in [0.2, 0.25) is 0 Å². The van der Waals surface area contributed by atoms with Crippen LogP contribution in [-0.2, 0) is 13.5 Å². The number of carbonyl (C=O) groups excluding carboxylic acids is 1. The standard InChI is InChI=1S/C18H18ClN3O/c1-12-21-16-11-13(3-8-17(16)22(12)2)9-10-20-18(23)14-4-6-15(19)7-5-14/h3-8,11H,9-10H2,1-2H3,(H,20,23). The van der Waals surface area contributed by atoms with Crippen LogP contribution in [0.2, 0.25) is 5.02 Å². The molecule has 23 heavy (non-hydrogen) atoms. The quantitative estimate of drug-likeness (QED) is 0.797. The number of carbonyl (C=O) groups is 1. The van der Waals surface area contributed by atoms with E-state index in [9.17, 15) is 4.79 Å². The van der Waals surface area contributed by atoms with E-state index in [4.69, 9.17) is 11.6 Å². The lowest BCUT2D eigenvalue weighted by Crippen LogP contribution is -2.25. The van der Waals surface area contributed by atoms with E-state index in [1.165, 1.54) is 0 Å². The molecule has 0 aliphatic rings. The lowest BCUT2D eigenvalue weighted by atomic mass is 10.1. The zero-order valence-electron chi connectivity index (χ0n) is 13.1. The lowest BCUT2D eigenvalue weighted by Gasteiger charge is -2.06. The summed E-state index contributed by atoms with van der Waals surface area (Å²) in [7, 11) is 2.01. The smallest absolute Gasteiger partial charge is 0.251 e. The average Bonchev–Trinajstić information content (AvgIpc) is 2.82. The first kappa shape index (κ1) is 15.6. The maximum absolute atomic E-state index is 12.0. The number of benzene rings is 2. The van der Waals surface area contributed by atoms with Gasteiger partial charge in [-0.25, -0.2) is 4.98 Å². The van der Waals surface area contributed by atoms with E-state index < -0.39 is 0 Å². The minimum atomic E-state index is -0.0866. The molecule has 3 rings (SSSR count). The van der Waals surface area contributed by atoms with Gasteiger partial charge in [0.1, 0.15) is 5.82 Å². The fourth-order valence-electron chi connectivity index (χ4n) is 2.55. The van der Waals surface area contributed by atoms with Crippen molar-refractivity contribution < 1.29 is 4.79 Å². The number of hydrogen-bond acceptors (Lipinski definition) is 2. The number of aromatic nitrogens is 2. The molecule has 0 radical (unpaired) electrons. The van der Waals surface area contributed by atoms with Crippen LogP contribution in [0, 0.1) is 6.92 Å². The van der Waals surface area contributed by atoms with Crippen molar-refractivity contribution in [2.24, 2.45) is 7.05 Å². The zero-order chi connectivity index (χ0) is 16.4. The predicted octanol–water partition coefficient (Wildman–Crippen LogP) is 3.51. The summed E-state index contributed by atoms with van der Waals surface area (Å²) in [4.78, 5) is 16.6. The van der Waals surface area contributed by atoms with Gasteiger partial charge in [0.15, 0.2) is 0 Å². The Kier molecular flexibility index (Phi) is 4.35. The monoisotopic (exact) mass is 327 g/mol. The van der Waals surface area contributed by atoms with Crippen LogP contribution in [0.25, 0.3) is 11.0 Å². The molecule has 2 aromatic carbocycles. The molecule has 118 valence electrons. The van der Waals surface area contributed by atoms with Crippen LogP contribution in [0.1, 0.15) is 21.7 Å². The van der Waals surface area contributed by atoms with Crippen molar-refractivity contribution in [1.82, 2.24) is 14.9 Å². The molecule has 5 heteroatoms. The van der Waals surface area contributed by atoms with Gasteiger partial charge in [-0.1, -0.05) is 17.7 Å². The Bertz CT molecular complexity index is 853. The summed E-state index contributed by atoms with van der Waals surface area (Å²) in [6, 6.07) is 13.1. The summed E-state index contributed by atoms with van der Waals surface area (Å²) >= 11 is 5.82. The van der Waals surface area contributed by atoms with Crippen molar-refractivity contribution in [2.45, 2.75) is 13.3 Å². The largest absolute Gasteiger partial charge is 0.352 e. The molecule has 0 spiro atoms. The van der Waals surface area contributed by atoms with Crippen LogP contribution in [-0.4, -0.2) is 22.0 Å². The lowest BCUT2D eigenvalue weighted by molar-refractivity contribution is 0.0954. The highest BCUT2D eigenvalue weighted by molar-refractivity contribution is 6.30. The summed E-state index contributed by atoms with van der Waals surface area (Å²) < 4.78 is 2.07. The van der Waals surface area contributed by atoms with E-state index in [2.05, 4.69) is 33.1 Å². The van der Waals surface area contributed by atoms with Gasteiger partial charge in [0, 0.05) is 24.2 Å². The maximum atomic E-state index is 12.0. The molecule has 1 N–H and O–H groups in total. The van der Waals surface area contributed by atoms with E-state index in [-0.39, 0.29) is 5.91 Å². The Morgan fingerprint density at radius 1 is 1.22 bits per heavy atom. The second-order valence-corrected chi connectivity index (χ2v) is 5.99. The fourth-order valence-corrected chi connectivity index (χ4v) is 2.67. The van der Waals surface area contributed by atoms with Gasteiger partial charge in [-0.15, -0.1) is 0 Å². The molecule has 0 atom stereocenters. The van der Waals surface area contributed by atoms with Crippen LogP contribution in [0.3, 0.4) is 0 Å². The molecule has 0 fully saturated rings. The zero-order valence-corrected chi connectivity index (χ0v) is 13.9. The number of nitrogens with zero attached hydrogens (tertiary/aromatic N) is 2. The molecule has 0 saturated carbocycles. The molecule has 0 bridgehead atoms. The second-order valence-electron chi connectivity index (χ2n) is 5.55. The van der Waals surface area contributed by atoms with Crippen LogP contribution in [0.5, 0.6) is 0 Å². The number of aryl methyl sites for hydroxylation is 2. The van der Waals surface area contributed by atoms with Crippen molar-refractivity contribution in [3.8, 4) is 0 Å². The van der Waals surface area contributed by atoms with E-state index in [0.717, 1.165) is 28.8 Å². The highest BCUT2D eigenvalue weighted by Crippen LogP contribution is 2.16. The SMILES string of the molecule is Cc1nc2cc(CCNC(=O)c3ccc(Cl)cc3)ccc2n1C. The Morgan fingerprint density at radius 3 is 2.70 bits per heavy atom. The second kappa shape index (κ2) is 6.42. The van der Waals surface area contributed by atoms with E-state index in [1.54, 1.807) is 24.3 Å². The molecule has 3 aromatic rings. The van der Waals surface area contributed by atoms with Crippen LogP contribution >= 0.6 is 11.6 Å². The van der Waals surface area contributed by atoms with Crippen molar-refractivity contribution in [3.63, 3.8) is 0 Å². The first-order chi connectivity index (χ1) is 11.0. The van der Waals surface area contributed by atoms with Crippen molar-refractivity contribution in [3.05, 3.63) is 64.4 Å². The number of amides is 1. The first-order valence-corrected chi connectivity index (χ1v) is 7.88. The maximum Gasteiger partial charge on any atom is 0.251 e. The van der Waals surface area contributed by atoms with Crippen LogP contribution in [0.15, 0.2) is 42.5 Å². The molecule has 0 aliphatic carbocycles. The van der Waals surface area contributed by atoms with Crippen molar-refractivity contribution in [1.29, 1.82) is 0 Å². The molecule has 0 saturated heterocycles. The van der Waals surface area contributed by atoms with Crippen LogP contribution < -0.4 is 5.32 Å². The summed E-state index contributed by atoms with van der Waals surface area (Å²) in [5, 5.41) is 3.55. The summed E-state index contributed by atoms with van der Waals surface area (Å²) in [6.07, 6.45) is 0.769. The molecule has 1 amide bonds. The fraction of sp³-hybridized carbons (Fsp3) is 0.222. The molecular formula is C18H18ClN3O. The minimum absolute atomic E-state index is 0.0866. The van der Waals surface area contributed by atoms with Crippen LogP contribution in [0.4, 0.5) is 0 Å². The summed E-state index contributed by atoms with van der Waals surface area (Å²) in [5.41, 5.74) is 3.89. The summed E-state index contributed by atoms with van der Waals surface area (Å²) in [5.74, 6) is 0.907. The Hall–Kier alpha value is -2.33. The number of halogens is 1. The average molecular weight is 328 g/mol. The van der Waals surface area contributed by atoms with Gasteiger partial charge in [-0.3, -0.25) is 4.79 Å².